The number of amides is 1. The molecule has 1 aromatic carbocycles. The van der Waals surface area contributed by atoms with Crippen molar-refractivity contribution in [3.05, 3.63) is 44.5 Å². The molecule has 4 nitrogen and oxygen atoms in total. The summed E-state index contributed by atoms with van der Waals surface area (Å²) in [4.78, 5) is 22.8. The Morgan fingerprint density at radius 1 is 1.21 bits per heavy atom. The van der Waals surface area contributed by atoms with Gasteiger partial charge in [-0.25, -0.2) is 9.97 Å². The monoisotopic (exact) mass is 401 g/mol. The fourth-order valence-corrected chi connectivity index (χ4v) is 3.70. The van der Waals surface area contributed by atoms with Crippen LogP contribution < -0.4 is 4.90 Å². The van der Waals surface area contributed by atoms with E-state index in [9.17, 15) is 4.79 Å². The molecule has 8 heteroatoms. The van der Waals surface area contributed by atoms with Crippen molar-refractivity contribution in [1.29, 1.82) is 0 Å². The predicted octanol–water partition coefficient (Wildman–Crippen LogP) is 5.03. The van der Waals surface area contributed by atoms with Gasteiger partial charge < -0.3 is 0 Å². The first kappa shape index (κ1) is 17.8. The zero-order valence-electron chi connectivity index (χ0n) is 12.9. The number of carbonyl (C=O) groups is 1. The molecule has 0 fully saturated rings. The van der Waals surface area contributed by atoms with Crippen LogP contribution in [-0.4, -0.2) is 21.6 Å². The highest BCUT2D eigenvalue weighted by atomic mass is 35.5. The van der Waals surface area contributed by atoms with Crippen LogP contribution in [0.25, 0.3) is 0 Å². The number of carbonyl (C=O) groups excluding carboxylic acids is 1. The molecule has 0 radical (unpaired) electrons. The van der Waals surface area contributed by atoms with Crippen molar-refractivity contribution in [3.8, 4) is 0 Å². The number of hydrogen-bond acceptors (Lipinski definition) is 4. The second-order valence-electron chi connectivity index (χ2n) is 5.35. The zero-order chi connectivity index (χ0) is 17.3. The molecule has 1 aliphatic heterocycles. The van der Waals surface area contributed by atoms with E-state index in [1.807, 2.05) is 6.07 Å². The van der Waals surface area contributed by atoms with Gasteiger partial charge in [0.1, 0.15) is 11.0 Å². The van der Waals surface area contributed by atoms with Crippen molar-refractivity contribution < 1.29 is 4.79 Å². The van der Waals surface area contributed by atoms with Crippen LogP contribution >= 0.6 is 46.6 Å². The number of rotatable bonds is 5. The van der Waals surface area contributed by atoms with Crippen LogP contribution in [0, 0.1) is 0 Å². The van der Waals surface area contributed by atoms with E-state index in [0.29, 0.717) is 38.3 Å². The molecule has 0 aliphatic carbocycles. The van der Waals surface area contributed by atoms with Crippen molar-refractivity contribution in [3.63, 3.8) is 0 Å². The largest absolute Gasteiger partial charge is 0.292 e. The third-order valence-corrected chi connectivity index (χ3v) is 5.66. The summed E-state index contributed by atoms with van der Waals surface area (Å²) in [6, 6.07) is 5.32. The molecule has 0 unspecified atom stereocenters. The zero-order valence-corrected chi connectivity index (χ0v) is 15.9. The highest BCUT2D eigenvalue weighted by Crippen LogP contribution is 2.35. The van der Waals surface area contributed by atoms with Crippen molar-refractivity contribution in [2.24, 2.45) is 0 Å². The molecule has 2 heterocycles. The first-order chi connectivity index (χ1) is 11.5. The summed E-state index contributed by atoms with van der Waals surface area (Å²) in [5, 5.41) is 1.89. The van der Waals surface area contributed by atoms with Gasteiger partial charge in [-0.2, -0.15) is 0 Å². The molecule has 0 atom stereocenters. The van der Waals surface area contributed by atoms with Gasteiger partial charge in [-0.15, -0.1) is 0 Å². The number of aromatic nitrogens is 2. The molecule has 126 valence electrons. The first-order valence-electron chi connectivity index (χ1n) is 7.43. The predicted molar refractivity (Wildman–Crippen MR) is 99.4 cm³/mol. The third kappa shape index (κ3) is 3.64. The fraction of sp³-hybridized carbons (Fsp3) is 0.312. The Morgan fingerprint density at radius 2 is 2.00 bits per heavy atom. The molecule has 24 heavy (non-hydrogen) atoms. The minimum Gasteiger partial charge on any atom is -0.292 e. The summed E-state index contributed by atoms with van der Waals surface area (Å²) < 4.78 is 0. The quantitative estimate of drug-likeness (QED) is 0.400. The molecule has 1 amide bonds. The van der Waals surface area contributed by atoms with Crippen molar-refractivity contribution >= 4 is 58.3 Å². The topological polar surface area (TPSA) is 46.1 Å². The van der Waals surface area contributed by atoms with Gasteiger partial charge in [0.25, 0.3) is 0 Å². The van der Waals surface area contributed by atoms with Gasteiger partial charge in [0.05, 0.1) is 23.0 Å². The van der Waals surface area contributed by atoms with E-state index in [1.165, 1.54) is 11.8 Å². The van der Waals surface area contributed by atoms with Gasteiger partial charge in [-0.1, -0.05) is 59.6 Å². The number of halogens is 3. The van der Waals surface area contributed by atoms with Crippen molar-refractivity contribution in [2.75, 3.05) is 10.7 Å². The second kappa shape index (κ2) is 7.48. The van der Waals surface area contributed by atoms with E-state index in [-0.39, 0.29) is 12.3 Å². The molecule has 0 spiro atoms. The summed E-state index contributed by atoms with van der Waals surface area (Å²) in [5.74, 6) is 1.44. The Morgan fingerprint density at radius 3 is 2.71 bits per heavy atom. The van der Waals surface area contributed by atoms with Crippen LogP contribution in [0.15, 0.2) is 23.4 Å². The Bertz CT molecular complexity index is 800. The highest BCUT2D eigenvalue weighted by molar-refractivity contribution is 7.99. The number of anilines is 1. The van der Waals surface area contributed by atoms with E-state index < -0.39 is 0 Å². The average molecular weight is 403 g/mol. The van der Waals surface area contributed by atoms with Crippen LogP contribution in [0.4, 0.5) is 5.82 Å². The van der Waals surface area contributed by atoms with Gasteiger partial charge in [0.2, 0.25) is 5.91 Å². The minimum atomic E-state index is -0.0510. The van der Waals surface area contributed by atoms with Gasteiger partial charge in [0, 0.05) is 11.3 Å². The van der Waals surface area contributed by atoms with Gasteiger partial charge in [0.15, 0.2) is 5.16 Å². The van der Waals surface area contributed by atoms with Crippen LogP contribution in [0.3, 0.4) is 0 Å². The van der Waals surface area contributed by atoms with E-state index >= 15 is 0 Å². The summed E-state index contributed by atoms with van der Waals surface area (Å²) in [5.41, 5.74) is 1.56. The molecule has 0 N–H and O–H groups in total. The Balaban J connectivity index is 1.92. The van der Waals surface area contributed by atoms with E-state index in [2.05, 4.69) is 16.9 Å². The Hall–Kier alpha value is -1.01. The number of hydrogen-bond donors (Lipinski definition) is 0. The molecular weight excluding hydrogens is 389 g/mol. The maximum atomic E-state index is 12.4. The lowest BCUT2D eigenvalue weighted by molar-refractivity contribution is -0.117. The SMILES string of the molecule is CCCSc1nc(Cl)c2c(n1)N(Cc1ccc(Cl)c(Cl)c1)C(=O)C2. The normalized spacial score (nSPS) is 13.5. The molecule has 0 saturated heterocycles. The number of nitrogens with zero attached hydrogens (tertiary/aromatic N) is 3. The Kier molecular flexibility index (Phi) is 5.55. The lowest BCUT2D eigenvalue weighted by Crippen LogP contribution is -2.26. The summed E-state index contributed by atoms with van der Waals surface area (Å²) >= 11 is 19.8. The number of thioether (sulfide) groups is 1. The Labute approximate surface area is 159 Å². The highest BCUT2D eigenvalue weighted by Gasteiger charge is 2.32. The second-order valence-corrected chi connectivity index (χ2v) is 7.59. The molecule has 0 bridgehead atoms. The van der Waals surface area contributed by atoms with Crippen LogP contribution in [-0.2, 0) is 17.8 Å². The molecule has 0 saturated carbocycles. The van der Waals surface area contributed by atoms with Crippen molar-refractivity contribution in [2.45, 2.75) is 31.5 Å². The molecule has 3 rings (SSSR count). The smallest absolute Gasteiger partial charge is 0.233 e. The third-order valence-electron chi connectivity index (χ3n) is 3.56. The first-order valence-corrected chi connectivity index (χ1v) is 9.55. The lowest BCUT2D eigenvalue weighted by Gasteiger charge is -2.17. The van der Waals surface area contributed by atoms with E-state index in [0.717, 1.165) is 17.7 Å². The van der Waals surface area contributed by atoms with E-state index in [4.69, 9.17) is 34.8 Å². The molecule has 2 aromatic rings. The maximum absolute atomic E-state index is 12.4. The summed E-state index contributed by atoms with van der Waals surface area (Å²) in [6.07, 6.45) is 1.23. The maximum Gasteiger partial charge on any atom is 0.233 e. The number of fused-ring (bicyclic) bond motifs is 1. The van der Waals surface area contributed by atoms with Gasteiger partial charge in [-0.05, 0) is 24.1 Å². The standard InChI is InChI=1S/C16H14Cl3N3OS/c1-2-5-24-16-20-14(19)10-7-13(23)22(15(10)21-16)8-9-3-4-11(17)12(18)6-9/h3-4,6H,2,5,7-8H2,1H3. The van der Waals surface area contributed by atoms with Gasteiger partial charge in [-0.3, -0.25) is 9.69 Å². The van der Waals surface area contributed by atoms with Crippen molar-refractivity contribution in [1.82, 2.24) is 9.97 Å². The summed E-state index contributed by atoms with van der Waals surface area (Å²) in [6.45, 7) is 2.45. The molecular formula is C16H14Cl3N3OS. The average Bonchev–Trinajstić information content (AvgIpc) is 2.86. The van der Waals surface area contributed by atoms with Gasteiger partial charge >= 0.3 is 0 Å². The molecule has 1 aliphatic rings. The van der Waals surface area contributed by atoms with E-state index in [1.54, 1.807) is 17.0 Å². The summed E-state index contributed by atoms with van der Waals surface area (Å²) in [7, 11) is 0. The number of benzene rings is 1. The molecule has 1 aromatic heterocycles. The fourth-order valence-electron chi connectivity index (χ4n) is 2.41. The van der Waals surface area contributed by atoms with Crippen LogP contribution in [0.2, 0.25) is 15.2 Å². The van der Waals surface area contributed by atoms with Crippen LogP contribution in [0.5, 0.6) is 0 Å². The van der Waals surface area contributed by atoms with Crippen LogP contribution in [0.1, 0.15) is 24.5 Å². The minimum absolute atomic E-state index is 0.0510. The lowest BCUT2D eigenvalue weighted by atomic mass is 10.2.